The Balaban J connectivity index is 1.49. The van der Waals surface area contributed by atoms with Crippen molar-refractivity contribution >= 4 is 16.7 Å². The minimum atomic E-state index is -0.408. The van der Waals surface area contributed by atoms with Crippen molar-refractivity contribution in [2.24, 2.45) is 0 Å². The van der Waals surface area contributed by atoms with Gasteiger partial charge in [0.05, 0.1) is 19.0 Å². The van der Waals surface area contributed by atoms with Gasteiger partial charge >= 0.3 is 5.97 Å². The third-order valence-electron chi connectivity index (χ3n) is 4.58. The maximum Gasteiger partial charge on any atom is 0.341 e. The molecule has 6 heteroatoms. The summed E-state index contributed by atoms with van der Waals surface area (Å²) in [5.41, 5.74) is 2.03. The normalized spacial score (nSPS) is 10.8. The second-order valence-electron chi connectivity index (χ2n) is 6.37. The van der Waals surface area contributed by atoms with E-state index in [1.807, 2.05) is 61.5 Å². The lowest BCUT2D eigenvalue weighted by atomic mass is 10.1. The summed E-state index contributed by atoms with van der Waals surface area (Å²) in [4.78, 5) is 16.8. The minimum absolute atomic E-state index is 0.189. The zero-order chi connectivity index (χ0) is 19.5. The third-order valence-corrected chi connectivity index (χ3v) is 4.58. The molecule has 6 nitrogen and oxygen atoms in total. The fraction of sp³-hybridized carbons (Fsp3) is 0.136. The molecule has 4 aromatic rings. The average molecular weight is 373 g/mol. The second kappa shape index (κ2) is 7.52. The monoisotopic (exact) mass is 373 g/mol. The molecular weight excluding hydrogens is 354 g/mol. The molecule has 0 aliphatic rings. The van der Waals surface area contributed by atoms with Gasteiger partial charge in [-0.3, -0.25) is 0 Å². The first-order chi connectivity index (χ1) is 13.7. The molecule has 0 bridgehead atoms. The molecule has 4 rings (SSSR count). The highest BCUT2D eigenvalue weighted by Crippen LogP contribution is 2.22. The van der Waals surface area contributed by atoms with E-state index in [1.165, 1.54) is 6.20 Å². The standard InChI is InChI=1S/C22H19N3O3/c1-15-20(13-24-25(15)21-5-3-4-10-23-21)22(26)28-14-16-6-7-18-12-19(27-2)9-8-17(18)11-16/h3-13H,14H2,1-2H3. The Morgan fingerprint density at radius 3 is 2.68 bits per heavy atom. The average Bonchev–Trinajstić information content (AvgIpc) is 3.13. The minimum Gasteiger partial charge on any atom is -0.497 e. The maximum absolute atomic E-state index is 12.5. The molecule has 0 unspecified atom stereocenters. The van der Waals surface area contributed by atoms with Crippen molar-refractivity contribution in [3.05, 3.63) is 83.8 Å². The van der Waals surface area contributed by atoms with E-state index < -0.39 is 5.97 Å². The number of carbonyl (C=O) groups excluding carboxylic acids is 1. The van der Waals surface area contributed by atoms with Crippen LogP contribution in [0.1, 0.15) is 21.6 Å². The van der Waals surface area contributed by atoms with Gasteiger partial charge in [0.1, 0.15) is 17.9 Å². The van der Waals surface area contributed by atoms with Crippen LogP contribution in [0.25, 0.3) is 16.6 Å². The van der Waals surface area contributed by atoms with Crippen LogP contribution in [0.3, 0.4) is 0 Å². The smallest absolute Gasteiger partial charge is 0.341 e. The lowest BCUT2D eigenvalue weighted by Crippen LogP contribution is -2.08. The summed E-state index contributed by atoms with van der Waals surface area (Å²) in [6, 6.07) is 17.3. The van der Waals surface area contributed by atoms with Gasteiger partial charge in [-0.25, -0.2) is 14.5 Å². The van der Waals surface area contributed by atoms with Crippen molar-refractivity contribution in [1.82, 2.24) is 14.8 Å². The molecule has 0 amide bonds. The fourth-order valence-electron chi connectivity index (χ4n) is 3.04. The highest BCUT2D eigenvalue weighted by molar-refractivity contribution is 5.90. The van der Waals surface area contributed by atoms with Crippen LogP contribution in [0.5, 0.6) is 5.75 Å². The van der Waals surface area contributed by atoms with Crippen LogP contribution in [0.4, 0.5) is 0 Å². The molecule has 0 N–H and O–H groups in total. The maximum atomic E-state index is 12.5. The van der Waals surface area contributed by atoms with E-state index in [0.29, 0.717) is 17.1 Å². The predicted octanol–water partition coefficient (Wildman–Crippen LogP) is 4.09. The van der Waals surface area contributed by atoms with Crippen LogP contribution in [0, 0.1) is 6.92 Å². The SMILES string of the molecule is COc1ccc2cc(COC(=O)c3cnn(-c4ccccn4)c3C)ccc2c1. The largest absolute Gasteiger partial charge is 0.497 e. The second-order valence-corrected chi connectivity index (χ2v) is 6.37. The number of nitrogens with zero attached hydrogens (tertiary/aromatic N) is 3. The molecule has 140 valence electrons. The van der Waals surface area contributed by atoms with Gasteiger partial charge in [0.15, 0.2) is 5.82 Å². The number of hydrogen-bond donors (Lipinski definition) is 0. The summed E-state index contributed by atoms with van der Waals surface area (Å²) in [6.07, 6.45) is 3.20. The number of hydrogen-bond acceptors (Lipinski definition) is 5. The summed E-state index contributed by atoms with van der Waals surface area (Å²) in [6.45, 7) is 2.01. The van der Waals surface area contributed by atoms with Crippen molar-refractivity contribution in [3.8, 4) is 11.6 Å². The first-order valence-corrected chi connectivity index (χ1v) is 8.85. The van der Waals surface area contributed by atoms with Crippen molar-refractivity contribution in [2.45, 2.75) is 13.5 Å². The van der Waals surface area contributed by atoms with E-state index >= 15 is 0 Å². The molecule has 2 heterocycles. The van der Waals surface area contributed by atoms with E-state index in [4.69, 9.17) is 9.47 Å². The number of ether oxygens (including phenoxy) is 2. The molecule has 0 saturated carbocycles. The van der Waals surface area contributed by atoms with Gasteiger partial charge in [-0.05, 0) is 53.6 Å². The molecule has 0 radical (unpaired) electrons. The lowest BCUT2D eigenvalue weighted by Gasteiger charge is -2.08. The number of methoxy groups -OCH3 is 1. The van der Waals surface area contributed by atoms with Gasteiger partial charge in [0.25, 0.3) is 0 Å². The Labute approximate surface area is 162 Å². The molecule has 0 aliphatic carbocycles. The van der Waals surface area contributed by atoms with Gasteiger partial charge < -0.3 is 9.47 Å². The summed E-state index contributed by atoms with van der Waals surface area (Å²) in [7, 11) is 1.65. The Kier molecular flexibility index (Phi) is 4.76. The summed E-state index contributed by atoms with van der Waals surface area (Å²) < 4.78 is 12.4. The van der Waals surface area contributed by atoms with Gasteiger partial charge in [0.2, 0.25) is 0 Å². The Morgan fingerprint density at radius 1 is 1.07 bits per heavy atom. The highest BCUT2D eigenvalue weighted by atomic mass is 16.5. The van der Waals surface area contributed by atoms with Crippen LogP contribution in [-0.2, 0) is 11.3 Å². The fourth-order valence-corrected chi connectivity index (χ4v) is 3.04. The van der Waals surface area contributed by atoms with E-state index in [1.54, 1.807) is 18.0 Å². The van der Waals surface area contributed by atoms with Crippen LogP contribution >= 0.6 is 0 Å². The predicted molar refractivity (Wildman–Crippen MR) is 106 cm³/mol. The topological polar surface area (TPSA) is 66.2 Å². The van der Waals surface area contributed by atoms with E-state index in [-0.39, 0.29) is 6.61 Å². The lowest BCUT2D eigenvalue weighted by molar-refractivity contribution is 0.0472. The Hall–Kier alpha value is -3.67. The third kappa shape index (κ3) is 3.44. The quantitative estimate of drug-likeness (QED) is 0.493. The molecule has 0 atom stereocenters. The zero-order valence-electron chi connectivity index (χ0n) is 15.6. The van der Waals surface area contributed by atoms with Gasteiger partial charge in [-0.15, -0.1) is 0 Å². The van der Waals surface area contributed by atoms with Gasteiger partial charge in [-0.2, -0.15) is 5.10 Å². The number of carbonyl (C=O) groups is 1. The van der Waals surface area contributed by atoms with Crippen molar-refractivity contribution < 1.29 is 14.3 Å². The van der Waals surface area contributed by atoms with E-state index in [2.05, 4.69) is 10.1 Å². The number of fused-ring (bicyclic) bond motifs is 1. The number of rotatable bonds is 5. The van der Waals surface area contributed by atoms with Crippen LogP contribution in [0.2, 0.25) is 0 Å². The summed E-state index contributed by atoms with van der Waals surface area (Å²) >= 11 is 0. The van der Waals surface area contributed by atoms with Crippen LogP contribution in [-0.4, -0.2) is 27.8 Å². The first-order valence-electron chi connectivity index (χ1n) is 8.85. The number of aromatic nitrogens is 3. The van der Waals surface area contributed by atoms with Crippen molar-refractivity contribution in [1.29, 1.82) is 0 Å². The Bertz CT molecular complexity index is 1140. The van der Waals surface area contributed by atoms with Crippen molar-refractivity contribution in [3.63, 3.8) is 0 Å². The molecule has 0 saturated heterocycles. The summed E-state index contributed by atoms with van der Waals surface area (Å²) in [5, 5.41) is 6.40. The van der Waals surface area contributed by atoms with E-state index in [9.17, 15) is 4.79 Å². The van der Waals surface area contributed by atoms with E-state index in [0.717, 1.165) is 22.1 Å². The zero-order valence-corrected chi connectivity index (χ0v) is 15.6. The number of esters is 1. The van der Waals surface area contributed by atoms with Gasteiger partial charge in [0, 0.05) is 6.20 Å². The summed E-state index contributed by atoms with van der Waals surface area (Å²) in [5.74, 6) is 1.06. The van der Waals surface area contributed by atoms with Crippen LogP contribution in [0.15, 0.2) is 67.0 Å². The van der Waals surface area contributed by atoms with Gasteiger partial charge in [-0.1, -0.05) is 24.3 Å². The molecule has 0 aliphatic heterocycles. The molecule has 0 spiro atoms. The number of benzene rings is 2. The Morgan fingerprint density at radius 2 is 1.89 bits per heavy atom. The molecule has 2 aromatic carbocycles. The number of pyridine rings is 1. The van der Waals surface area contributed by atoms with Crippen LogP contribution < -0.4 is 4.74 Å². The first kappa shape index (κ1) is 17.7. The molecule has 28 heavy (non-hydrogen) atoms. The van der Waals surface area contributed by atoms with Crippen molar-refractivity contribution in [2.75, 3.05) is 7.11 Å². The molecular formula is C22H19N3O3. The molecule has 0 fully saturated rings. The highest BCUT2D eigenvalue weighted by Gasteiger charge is 2.17. The molecule has 2 aromatic heterocycles.